The van der Waals surface area contributed by atoms with E-state index in [0.29, 0.717) is 12.1 Å². The zero-order chi connectivity index (χ0) is 9.84. The standard InChI is InChI=1S/C8H7F3N2/c1-12-13-4-6-7(10)2-5(9)3-8(6)11/h2-4,12H,1H3/b13-4-. The van der Waals surface area contributed by atoms with Gasteiger partial charge in [0.25, 0.3) is 0 Å². The van der Waals surface area contributed by atoms with Gasteiger partial charge >= 0.3 is 0 Å². The van der Waals surface area contributed by atoms with E-state index < -0.39 is 17.5 Å². The molecule has 1 rings (SSSR count). The van der Waals surface area contributed by atoms with E-state index in [2.05, 4.69) is 10.5 Å². The SMILES string of the molecule is CN/N=C\c1c(F)cc(F)cc1F. The summed E-state index contributed by atoms with van der Waals surface area (Å²) in [6, 6.07) is 1.19. The fourth-order valence-corrected chi connectivity index (χ4v) is 0.806. The Balaban J connectivity index is 3.13. The normalized spacial score (nSPS) is 10.8. The Hall–Kier alpha value is -1.52. The van der Waals surface area contributed by atoms with Crippen LogP contribution >= 0.6 is 0 Å². The van der Waals surface area contributed by atoms with E-state index >= 15 is 0 Å². The highest BCUT2D eigenvalue weighted by Gasteiger charge is 2.08. The molecule has 0 heterocycles. The van der Waals surface area contributed by atoms with Gasteiger partial charge in [-0.05, 0) is 0 Å². The summed E-state index contributed by atoms with van der Waals surface area (Å²) in [4.78, 5) is 0. The van der Waals surface area contributed by atoms with Gasteiger partial charge in [0, 0.05) is 19.2 Å². The summed E-state index contributed by atoms with van der Waals surface area (Å²) in [5, 5.41) is 3.42. The predicted octanol–water partition coefficient (Wildman–Crippen LogP) is 1.66. The third kappa shape index (κ3) is 2.21. The molecule has 0 atom stereocenters. The number of nitrogens with zero attached hydrogens (tertiary/aromatic N) is 1. The number of hydrazone groups is 1. The molecule has 0 saturated carbocycles. The highest BCUT2D eigenvalue weighted by molar-refractivity contribution is 5.80. The van der Waals surface area contributed by atoms with Crippen LogP contribution in [0.15, 0.2) is 17.2 Å². The first kappa shape index (κ1) is 9.57. The van der Waals surface area contributed by atoms with Crippen LogP contribution in [0.2, 0.25) is 0 Å². The van der Waals surface area contributed by atoms with Crippen molar-refractivity contribution in [1.29, 1.82) is 0 Å². The van der Waals surface area contributed by atoms with Crippen molar-refractivity contribution in [2.24, 2.45) is 5.10 Å². The highest BCUT2D eigenvalue weighted by Crippen LogP contribution is 2.12. The lowest BCUT2D eigenvalue weighted by Crippen LogP contribution is -2.00. The van der Waals surface area contributed by atoms with Crippen LogP contribution in [0.25, 0.3) is 0 Å². The summed E-state index contributed by atoms with van der Waals surface area (Å²) < 4.78 is 38.1. The van der Waals surface area contributed by atoms with Crippen molar-refractivity contribution in [3.63, 3.8) is 0 Å². The number of nitrogens with one attached hydrogen (secondary N) is 1. The molecule has 0 radical (unpaired) electrons. The van der Waals surface area contributed by atoms with Crippen LogP contribution in [-0.2, 0) is 0 Å². The zero-order valence-corrected chi connectivity index (χ0v) is 6.81. The highest BCUT2D eigenvalue weighted by atomic mass is 19.1. The molecule has 0 unspecified atom stereocenters. The van der Waals surface area contributed by atoms with Crippen molar-refractivity contribution in [2.45, 2.75) is 0 Å². The summed E-state index contributed by atoms with van der Waals surface area (Å²) in [7, 11) is 1.48. The summed E-state index contributed by atoms with van der Waals surface area (Å²) in [6.07, 6.45) is 0.949. The molecule has 0 aliphatic heterocycles. The number of rotatable bonds is 2. The molecule has 0 aliphatic rings. The van der Waals surface area contributed by atoms with Crippen LogP contribution in [0.1, 0.15) is 5.56 Å². The van der Waals surface area contributed by atoms with Crippen molar-refractivity contribution in [3.05, 3.63) is 35.1 Å². The van der Waals surface area contributed by atoms with Crippen molar-refractivity contribution in [2.75, 3.05) is 7.05 Å². The van der Waals surface area contributed by atoms with Gasteiger partial charge in [-0.25, -0.2) is 13.2 Å². The van der Waals surface area contributed by atoms with E-state index in [0.717, 1.165) is 6.21 Å². The van der Waals surface area contributed by atoms with E-state index in [1.165, 1.54) is 7.05 Å². The largest absolute Gasteiger partial charge is 0.313 e. The summed E-state index contributed by atoms with van der Waals surface area (Å²) in [5.41, 5.74) is 1.96. The molecule has 1 aromatic carbocycles. The van der Waals surface area contributed by atoms with Crippen LogP contribution < -0.4 is 5.43 Å². The predicted molar refractivity (Wildman–Crippen MR) is 43.0 cm³/mol. The second kappa shape index (κ2) is 3.93. The Morgan fingerprint density at radius 1 is 1.23 bits per heavy atom. The van der Waals surface area contributed by atoms with Crippen LogP contribution in [-0.4, -0.2) is 13.3 Å². The second-order valence-electron chi connectivity index (χ2n) is 2.26. The summed E-state index contributed by atoms with van der Waals surface area (Å²) in [6.45, 7) is 0. The maximum absolute atomic E-state index is 12.8. The van der Waals surface area contributed by atoms with Gasteiger partial charge in [-0.2, -0.15) is 5.10 Å². The Kier molecular flexibility index (Phi) is 2.89. The quantitative estimate of drug-likeness (QED) is 0.554. The van der Waals surface area contributed by atoms with Crippen molar-refractivity contribution < 1.29 is 13.2 Å². The van der Waals surface area contributed by atoms with Crippen LogP contribution in [0.4, 0.5) is 13.2 Å². The monoisotopic (exact) mass is 188 g/mol. The maximum atomic E-state index is 12.8. The number of hydrogen-bond donors (Lipinski definition) is 1. The lowest BCUT2D eigenvalue weighted by atomic mass is 10.2. The Morgan fingerprint density at radius 2 is 1.77 bits per heavy atom. The molecule has 0 fully saturated rings. The summed E-state index contributed by atoms with van der Waals surface area (Å²) >= 11 is 0. The summed E-state index contributed by atoms with van der Waals surface area (Å²) in [5.74, 6) is -2.90. The van der Waals surface area contributed by atoms with Gasteiger partial charge in [-0.1, -0.05) is 0 Å². The Morgan fingerprint density at radius 3 is 2.23 bits per heavy atom. The van der Waals surface area contributed by atoms with Crippen molar-refractivity contribution >= 4 is 6.21 Å². The van der Waals surface area contributed by atoms with Gasteiger partial charge in [0.1, 0.15) is 17.5 Å². The van der Waals surface area contributed by atoms with Gasteiger partial charge in [-0.15, -0.1) is 0 Å². The smallest absolute Gasteiger partial charge is 0.137 e. The van der Waals surface area contributed by atoms with Crippen LogP contribution in [0.3, 0.4) is 0 Å². The number of halogens is 3. The molecule has 1 aromatic rings. The molecule has 0 bridgehead atoms. The Labute approximate surface area is 73.1 Å². The minimum Gasteiger partial charge on any atom is -0.313 e. The lowest BCUT2D eigenvalue weighted by molar-refractivity contribution is 0.541. The van der Waals surface area contributed by atoms with E-state index in [1.807, 2.05) is 0 Å². The van der Waals surface area contributed by atoms with Gasteiger partial charge in [0.05, 0.1) is 11.8 Å². The van der Waals surface area contributed by atoms with E-state index in [-0.39, 0.29) is 5.56 Å². The lowest BCUT2D eigenvalue weighted by Gasteiger charge is -1.98. The van der Waals surface area contributed by atoms with Gasteiger partial charge in [-0.3, -0.25) is 0 Å². The Bertz CT molecular complexity index is 313. The molecular formula is C8H7F3N2. The molecule has 13 heavy (non-hydrogen) atoms. The fourth-order valence-electron chi connectivity index (χ4n) is 0.806. The van der Waals surface area contributed by atoms with E-state index in [1.54, 1.807) is 0 Å². The third-order valence-corrected chi connectivity index (χ3v) is 1.37. The van der Waals surface area contributed by atoms with Gasteiger partial charge < -0.3 is 5.43 Å². The minimum absolute atomic E-state index is 0.365. The molecular weight excluding hydrogens is 181 g/mol. The molecule has 5 heteroatoms. The number of benzene rings is 1. The second-order valence-corrected chi connectivity index (χ2v) is 2.26. The topological polar surface area (TPSA) is 24.4 Å². The van der Waals surface area contributed by atoms with Crippen LogP contribution in [0.5, 0.6) is 0 Å². The van der Waals surface area contributed by atoms with E-state index in [9.17, 15) is 13.2 Å². The molecule has 0 aliphatic carbocycles. The third-order valence-electron chi connectivity index (χ3n) is 1.37. The molecule has 0 aromatic heterocycles. The first-order chi connectivity index (χ1) is 6.15. The first-order valence-electron chi connectivity index (χ1n) is 3.49. The van der Waals surface area contributed by atoms with E-state index in [4.69, 9.17) is 0 Å². The fraction of sp³-hybridized carbons (Fsp3) is 0.125. The van der Waals surface area contributed by atoms with Crippen LogP contribution in [0, 0.1) is 17.5 Å². The zero-order valence-electron chi connectivity index (χ0n) is 6.81. The average molecular weight is 188 g/mol. The van der Waals surface area contributed by atoms with Gasteiger partial charge in [0.2, 0.25) is 0 Å². The molecule has 0 saturated heterocycles. The van der Waals surface area contributed by atoms with Crippen molar-refractivity contribution in [1.82, 2.24) is 5.43 Å². The van der Waals surface area contributed by atoms with Gasteiger partial charge in [0.15, 0.2) is 0 Å². The molecule has 0 amide bonds. The average Bonchev–Trinajstić information content (AvgIpc) is 2.02. The molecule has 70 valence electrons. The van der Waals surface area contributed by atoms with Crippen molar-refractivity contribution in [3.8, 4) is 0 Å². The molecule has 0 spiro atoms. The molecule has 1 N–H and O–H groups in total. The number of hydrogen-bond acceptors (Lipinski definition) is 2. The maximum Gasteiger partial charge on any atom is 0.137 e. The molecule has 2 nitrogen and oxygen atoms in total. The minimum atomic E-state index is -0.975. The first-order valence-corrected chi connectivity index (χ1v) is 3.49.